The molecule has 5 rings (SSSR count). The summed E-state index contributed by atoms with van der Waals surface area (Å²) in [5, 5.41) is 29.9. The van der Waals surface area contributed by atoms with Gasteiger partial charge in [0.1, 0.15) is 6.04 Å². The number of nitrogens with two attached hydrogens (primary N) is 1. The molecule has 10 heteroatoms. The van der Waals surface area contributed by atoms with Gasteiger partial charge in [-0.3, -0.25) is 14.4 Å². The number of ether oxygens (including phenoxy) is 1. The molecule has 10 nitrogen and oxygen atoms in total. The molecule has 1 saturated heterocycles. The molecule has 4 aliphatic carbocycles. The number of aliphatic hydroxyl groups is 2. The van der Waals surface area contributed by atoms with E-state index in [1.807, 2.05) is 6.92 Å². The van der Waals surface area contributed by atoms with Crippen molar-refractivity contribution in [2.45, 2.75) is 122 Å². The molecule has 0 radical (unpaired) electrons. The first kappa shape index (κ1) is 34.6. The van der Waals surface area contributed by atoms with Gasteiger partial charge in [-0.25, -0.2) is 0 Å². The van der Waals surface area contributed by atoms with Crippen molar-refractivity contribution in [3.05, 3.63) is 0 Å². The van der Waals surface area contributed by atoms with E-state index in [2.05, 4.69) is 31.4 Å². The molecular weight excluding hydrogens is 548 g/mol. The van der Waals surface area contributed by atoms with Crippen LogP contribution in [0.15, 0.2) is 0 Å². The van der Waals surface area contributed by atoms with Crippen LogP contribution in [0.25, 0.3) is 0 Å². The van der Waals surface area contributed by atoms with Crippen LogP contribution in [0.3, 0.4) is 0 Å². The van der Waals surface area contributed by atoms with Crippen LogP contribution < -0.4 is 16.4 Å². The maximum absolute atomic E-state index is 14.1. The summed E-state index contributed by atoms with van der Waals surface area (Å²) in [7, 11) is 3.32. The van der Waals surface area contributed by atoms with Crippen LogP contribution >= 0.6 is 0 Å². The number of nitrogens with one attached hydrogen (secondary N) is 2. The molecule has 2 bridgehead atoms. The molecule has 1 aliphatic heterocycles. The van der Waals surface area contributed by atoms with E-state index in [1.54, 1.807) is 26.1 Å². The van der Waals surface area contributed by atoms with Crippen molar-refractivity contribution in [1.29, 1.82) is 0 Å². The molecule has 13 atom stereocenters. The van der Waals surface area contributed by atoms with Crippen LogP contribution in [0.2, 0.25) is 0 Å². The molecule has 248 valence electrons. The fourth-order valence-corrected chi connectivity index (χ4v) is 9.44. The fourth-order valence-electron chi connectivity index (χ4n) is 9.44. The molecule has 6 N–H and O–H groups in total. The average molecular weight is 609 g/mol. The van der Waals surface area contributed by atoms with Crippen molar-refractivity contribution in [1.82, 2.24) is 15.7 Å². The summed E-state index contributed by atoms with van der Waals surface area (Å²) in [4.78, 5) is 32.9. The van der Waals surface area contributed by atoms with Crippen LogP contribution in [0, 0.1) is 46.8 Å². The van der Waals surface area contributed by atoms with E-state index in [-0.39, 0.29) is 42.3 Å². The molecule has 0 aromatic heterocycles. The molecule has 5 aliphatic rings. The van der Waals surface area contributed by atoms with Gasteiger partial charge in [-0.15, -0.1) is 0 Å². The van der Waals surface area contributed by atoms with Gasteiger partial charge in [-0.1, -0.05) is 40.5 Å². The van der Waals surface area contributed by atoms with Crippen molar-refractivity contribution in [3.8, 4) is 0 Å². The van der Waals surface area contributed by atoms with Crippen LogP contribution in [-0.2, 0) is 19.2 Å². The molecule has 5 unspecified atom stereocenters. The number of fused-ring (bicyclic) bond motifs is 2. The van der Waals surface area contributed by atoms with Gasteiger partial charge < -0.3 is 31.3 Å². The van der Waals surface area contributed by atoms with E-state index in [9.17, 15) is 19.8 Å². The Morgan fingerprint density at radius 3 is 2.44 bits per heavy atom. The monoisotopic (exact) mass is 608 g/mol. The molecule has 2 amide bonds. The molecule has 0 aromatic carbocycles. The summed E-state index contributed by atoms with van der Waals surface area (Å²) >= 11 is 0. The highest BCUT2D eigenvalue weighted by molar-refractivity contribution is 5.83. The minimum atomic E-state index is -0.766. The minimum absolute atomic E-state index is 0.0594. The van der Waals surface area contributed by atoms with Crippen LogP contribution in [-0.4, -0.2) is 90.8 Å². The molecule has 43 heavy (non-hydrogen) atoms. The second kappa shape index (κ2) is 14.4. The van der Waals surface area contributed by atoms with Crippen LogP contribution in [0.1, 0.15) is 86.0 Å². The summed E-state index contributed by atoms with van der Waals surface area (Å²) < 4.78 is 6.08. The zero-order valence-electron chi connectivity index (χ0n) is 27.6. The van der Waals surface area contributed by atoms with Crippen molar-refractivity contribution >= 4 is 11.8 Å². The molecule has 0 aromatic rings. The predicted molar refractivity (Wildman–Crippen MR) is 165 cm³/mol. The van der Waals surface area contributed by atoms with E-state index in [4.69, 9.17) is 15.3 Å². The first-order chi connectivity index (χ1) is 20.4. The highest BCUT2D eigenvalue weighted by atomic mass is 16.7. The van der Waals surface area contributed by atoms with Gasteiger partial charge in [0.2, 0.25) is 11.8 Å². The molecule has 0 spiro atoms. The number of hydroxylamine groups is 2. The SMILES string of the molecule is CCCC(C(=O)NC)C(O)CC1CCCC(CN2O[C@@H](CN)[C@H]([C@H](C)O)[C@H]2C(=O)N[C@H]2C[C@H]3C[C@@H]([C@@H]2C)C3(C)C)C1OC. The second-order valence-corrected chi connectivity index (χ2v) is 14.8. The van der Waals surface area contributed by atoms with E-state index in [0.29, 0.717) is 42.6 Å². The number of carbonyl (C=O) groups is 2. The van der Waals surface area contributed by atoms with Crippen LogP contribution in [0.4, 0.5) is 0 Å². The van der Waals surface area contributed by atoms with Crippen LogP contribution in [0.5, 0.6) is 0 Å². The summed E-state index contributed by atoms with van der Waals surface area (Å²) in [6, 6.07) is -0.543. The Morgan fingerprint density at radius 1 is 1.19 bits per heavy atom. The molecule has 4 saturated carbocycles. The van der Waals surface area contributed by atoms with E-state index >= 15 is 0 Å². The zero-order chi connectivity index (χ0) is 31.6. The highest BCUT2D eigenvalue weighted by Gasteiger charge is 2.57. The Morgan fingerprint density at radius 2 is 1.88 bits per heavy atom. The number of hydrogen-bond donors (Lipinski definition) is 5. The molecule has 5 fully saturated rings. The van der Waals surface area contributed by atoms with Crippen molar-refractivity contribution in [2.24, 2.45) is 52.6 Å². The van der Waals surface area contributed by atoms with Gasteiger partial charge in [-0.05, 0) is 74.5 Å². The Balaban J connectivity index is 1.48. The summed E-state index contributed by atoms with van der Waals surface area (Å²) in [5.74, 6) is 0.647. The van der Waals surface area contributed by atoms with Gasteiger partial charge in [0.25, 0.3) is 0 Å². The van der Waals surface area contributed by atoms with Gasteiger partial charge in [-0.2, -0.15) is 5.06 Å². The summed E-state index contributed by atoms with van der Waals surface area (Å²) in [5.41, 5.74) is 6.45. The maximum atomic E-state index is 14.1. The Kier molecular flexibility index (Phi) is 11.6. The highest BCUT2D eigenvalue weighted by Crippen LogP contribution is 2.61. The minimum Gasteiger partial charge on any atom is -0.393 e. The maximum Gasteiger partial charge on any atom is 0.240 e. The Labute approximate surface area is 259 Å². The van der Waals surface area contributed by atoms with Gasteiger partial charge in [0.15, 0.2) is 0 Å². The molecule has 1 heterocycles. The third-order valence-electron chi connectivity index (χ3n) is 12.1. The smallest absolute Gasteiger partial charge is 0.240 e. The fraction of sp³-hybridized carbons (Fsp3) is 0.939. The number of amides is 2. The quantitative estimate of drug-likeness (QED) is 0.214. The van der Waals surface area contributed by atoms with Crippen molar-refractivity contribution in [2.75, 3.05) is 27.2 Å². The average Bonchev–Trinajstić information content (AvgIpc) is 3.35. The first-order valence-electron chi connectivity index (χ1n) is 16.9. The lowest BCUT2D eigenvalue weighted by atomic mass is 9.45. The topological polar surface area (TPSA) is 146 Å². The van der Waals surface area contributed by atoms with Crippen molar-refractivity contribution < 1.29 is 29.4 Å². The number of aliphatic hydroxyl groups excluding tert-OH is 2. The van der Waals surface area contributed by atoms with E-state index in [0.717, 1.165) is 32.1 Å². The standard InChI is InChI=1S/C33H60N4O6/c1-8-10-23(31(40)35-6)26(39)13-20-11-9-12-21(30(20)42-7)17-37-29(28(19(3)38)27(16-34)43-37)32(41)36-25-15-22-14-24(18(25)2)33(22,4)5/h18-30,38-39H,8-17,34H2,1-7H3,(H,35,40)(H,36,41)/t18-,19-,20?,21?,22+,23?,24-,25-,26?,27-,28-,29-,30?/m0/s1. The third-order valence-corrected chi connectivity index (χ3v) is 12.1. The van der Waals surface area contributed by atoms with E-state index in [1.165, 1.54) is 6.42 Å². The normalized spacial score (nSPS) is 39.4. The predicted octanol–water partition coefficient (Wildman–Crippen LogP) is 2.46. The number of rotatable bonds is 13. The second-order valence-electron chi connectivity index (χ2n) is 14.8. The van der Waals surface area contributed by atoms with Gasteiger partial charge in [0.05, 0.1) is 30.3 Å². The Hall–Kier alpha value is -1.30. The third kappa shape index (κ3) is 6.94. The van der Waals surface area contributed by atoms with Gasteiger partial charge in [0, 0.05) is 45.1 Å². The van der Waals surface area contributed by atoms with E-state index < -0.39 is 36.2 Å². The number of nitrogens with zero attached hydrogens (tertiary/aromatic N) is 1. The lowest BCUT2D eigenvalue weighted by molar-refractivity contribution is -0.185. The largest absolute Gasteiger partial charge is 0.393 e. The first-order valence-corrected chi connectivity index (χ1v) is 16.9. The number of hydrogen-bond acceptors (Lipinski definition) is 8. The van der Waals surface area contributed by atoms with Gasteiger partial charge >= 0.3 is 0 Å². The summed E-state index contributed by atoms with van der Waals surface area (Å²) in [6.45, 7) is 11.4. The Bertz CT molecular complexity index is 948. The zero-order valence-corrected chi connectivity index (χ0v) is 27.6. The molecular formula is C33H60N4O6. The number of carbonyl (C=O) groups excluding carboxylic acids is 2. The lowest BCUT2D eigenvalue weighted by Crippen LogP contribution is -2.62. The summed E-state index contributed by atoms with van der Waals surface area (Å²) in [6.07, 6.45) is 4.79. The number of methoxy groups -OCH3 is 1. The van der Waals surface area contributed by atoms with Crippen molar-refractivity contribution in [3.63, 3.8) is 0 Å². The lowest BCUT2D eigenvalue weighted by Gasteiger charge is -2.62.